The summed E-state index contributed by atoms with van der Waals surface area (Å²) in [5.74, 6) is 0. The molecule has 8 heteroatoms. The van der Waals surface area contributed by atoms with E-state index in [0.717, 1.165) is 11.1 Å². The molecule has 2 amide bonds. The van der Waals surface area contributed by atoms with Gasteiger partial charge in [0.05, 0.1) is 6.17 Å². The van der Waals surface area contributed by atoms with E-state index in [2.05, 4.69) is 51.6 Å². The highest BCUT2D eigenvalue weighted by Gasteiger charge is 2.22. The lowest BCUT2D eigenvalue weighted by molar-refractivity contribution is 0.0430. The van der Waals surface area contributed by atoms with Gasteiger partial charge < -0.3 is 20.1 Å². The fourth-order valence-corrected chi connectivity index (χ4v) is 4.81. The van der Waals surface area contributed by atoms with Gasteiger partial charge in [0.2, 0.25) is 0 Å². The number of hydrogen-bond acceptors (Lipinski definition) is 6. The van der Waals surface area contributed by atoms with Crippen molar-refractivity contribution in [1.29, 1.82) is 0 Å². The minimum atomic E-state index is -0.444. The van der Waals surface area contributed by atoms with Gasteiger partial charge in [0, 0.05) is 39.3 Å². The Balaban J connectivity index is 1.36. The zero-order valence-electron chi connectivity index (χ0n) is 25.3. The monoisotopic (exact) mass is 594 g/mol. The van der Waals surface area contributed by atoms with E-state index >= 15 is 0 Å². The second-order valence-electron chi connectivity index (χ2n) is 10.5. The van der Waals surface area contributed by atoms with Crippen LogP contribution in [0.15, 0.2) is 121 Å². The number of nitrogens with zero attached hydrogens (tertiary/aromatic N) is 2. The molecule has 4 aromatic carbocycles. The number of rotatable bonds is 16. The molecule has 0 radical (unpaired) electrons. The van der Waals surface area contributed by atoms with E-state index in [1.165, 1.54) is 11.1 Å². The number of ether oxygens (including phenoxy) is 2. The molecule has 0 aliphatic rings. The predicted molar refractivity (Wildman–Crippen MR) is 172 cm³/mol. The van der Waals surface area contributed by atoms with Gasteiger partial charge in [-0.25, -0.2) is 9.59 Å². The molecule has 0 heterocycles. The van der Waals surface area contributed by atoms with E-state index < -0.39 is 12.2 Å². The van der Waals surface area contributed by atoms with Crippen LogP contribution in [0.5, 0.6) is 0 Å². The van der Waals surface area contributed by atoms with Crippen LogP contribution in [0.4, 0.5) is 9.59 Å². The summed E-state index contributed by atoms with van der Waals surface area (Å²) in [5, 5.41) is 5.81. The van der Waals surface area contributed by atoms with Crippen LogP contribution in [0.25, 0.3) is 0 Å². The lowest BCUT2D eigenvalue weighted by Gasteiger charge is -2.38. The molecule has 0 aromatic heterocycles. The Morgan fingerprint density at radius 1 is 0.545 bits per heavy atom. The molecule has 4 rings (SSSR count). The zero-order chi connectivity index (χ0) is 30.8. The first-order chi connectivity index (χ1) is 21.6. The van der Waals surface area contributed by atoms with Gasteiger partial charge in [-0.15, -0.1) is 0 Å². The van der Waals surface area contributed by atoms with Gasteiger partial charge >= 0.3 is 12.2 Å². The highest BCUT2D eigenvalue weighted by molar-refractivity contribution is 5.67. The number of carbonyl (C=O) groups is 2. The highest BCUT2D eigenvalue weighted by atomic mass is 16.6. The van der Waals surface area contributed by atoms with E-state index in [0.29, 0.717) is 39.3 Å². The Hall–Kier alpha value is -4.66. The number of benzene rings is 4. The summed E-state index contributed by atoms with van der Waals surface area (Å²) in [4.78, 5) is 29.5. The topological polar surface area (TPSA) is 83.1 Å². The fraction of sp³-hybridized carbons (Fsp3) is 0.278. The summed E-state index contributed by atoms with van der Waals surface area (Å²) in [6, 6.07) is 39.8. The largest absolute Gasteiger partial charge is 0.445 e. The van der Waals surface area contributed by atoms with Crippen LogP contribution >= 0.6 is 0 Å². The van der Waals surface area contributed by atoms with Crippen LogP contribution in [-0.4, -0.2) is 54.3 Å². The molecule has 2 N–H and O–H groups in total. The molecule has 44 heavy (non-hydrogen) atoms. The second-order valence-corrected chi connectivity index (χ2v) is 10.5. The van der Waals surface area contributed by atoms with Gasteiger partial charge in [-0.1, -0.05) is 121 Å². The van der Waals surface area contributed by atoms with Crippen molar-refractivity contribution in [3.8, 4) is 0 Å². The maximum atomic E-state index is 12.4. The fourth-order valence-electron chi connectivity index (χ4n) is 4.81. The van der Waals surface area contributed by atoms with Gasteiger partial charge in [0.1, 0.15) is 13.2 Å². The van der Waals surface area contributed by atoms with Crippen molar-refractivity contribution >= 4 is 12.2 Å². The smallest absolute Gasteiger partial charge is 0.407 e. The van der Waals surface area contributed by atoms with E-state index in [1.54, 1.807) is 0 Å². The van der Waals surface area contributed by atoms with Crippen molar-refractivity contribution in [3.63, 3.8) is 0 Å². The van der Waals surface area contributed by atoms with Crippen molar-refractivity contribution in [2.45, 2.75) is 39.4 Å². The summed E-state index contributed by atoms with van der Waals surface area (Å²) < 4.78 is 10.8. The van der Waals surface area contributed by atoms with E-state index in [-0.39, 0.29) is 19.4 Å². The summed E-state index contributed by atoms with van der Waals surface area (Å²) >= 11 is 0. The van der Waals surface area contributed by atoms with Gasteiger partial charge in [0.15, 0.2) is 0 Å². The molecule has 0 unspecified atom stereocenters. The molecule has 0 aliphatic carbocycles. The molecule has 0 bridgehead atoms. The Morgan fingerprint density at radius 2 is 0.864 bits per heavy atom. The van der Waals surface area contributed by atoms with Gasteiger partial charge in [0.25, 0.3) is 0 Å². The molecule has 0 saturated carbocycles. The predicted octanol–water partition coefficient (Wildman–Crippen LogP) is 6.19. The van der Waals surface area contributed by atoms with Crippen LogP contribution in [0.1, 0.15) is 29.2 Å². The summed E-state index contributed by atoms with van der Waals surface area (Å²) in [6.07, 6.45) is -0.902. The minimum absolute atomic E-state index is 0.0142. The maximum Gasteiger partial charge on any atom is 0.407 e. The van der Waals surface area contributed by atoms with E-state index in [4.69, 9.17) is 9.47 Å². The first kappa shape index (κ1) is 32.3. The van der Waals surface area contributed by atoms with Crippen LogP contribution < -0.4 is 10.6 Å². The molecular formula is C36H42N4O4. The summed E-state index contributed by atoms with van der Waals surface area (Å²) in [6.45, 7) is 6.06. The summed E-state index contributed by atoms with van der Waals surface area (Å²) in [5.41, 5.74) is 4.23. The Bertz CT molecular complexity index is 1270. The first-order valence-corrected chi connectivity index (χ1v) is 15.0. The normalized spacial score (nSPS) is 11.0. The van der Waals surface area contributed by atoms with Crippen LogP contribution in [0.2, 0.25) is 0 Å². The Morgan fingerprint density at radius 3 is 1.20 bits per heavy atom. The molecule has 0 saturated heterocycles. The van der Waals surface area contributed by atoms with Crippen molar-refractivity contribution in [2.24, 2.45) is 0 Å². The highest BCUT2D eigenvalue weighted by Crippen LogP contribution is 2.15. The average molecular weight is 595 g/mol. The second kappa shape index (κ2) is 18.1. The number of nitrogens with one attached hydrogen (secondary N) is 2. The van der Waals surface area contributed by atoms with Crippen molar-refractivity contribution in [3.05, 3.63) is 144 Å². The van der Waals surface area contributed by atoms with Crippen LogP contribution in [-0.2, 0) is 35.8 Å². The molecule has 4 aromatic rings. The van der Waals surface area contributed by atoms with Gasteiger partial charge in [-0.2, -0.15) is 0 Å². The molecule has 0 spiro atoms. The quantitative estimate of drug-likeness (QED) is 0.151. The maximum absolute atomic E-state index is 12.4. The minimum Gasteiger partial charge on any atom is -0.445 e. The van der Waals surface area contributed by atoms with Crippen molar-refractivity contribution in [1.82, 2.24) is 20.4 Å². The molecular weight excluding hydrogens is 552 g/mol. The first-order valence-electron chi connectivity index (χ1n) is 15.0. The van der Waals surface area contributed by atoms with Gasteiger partial charge in [-0.05, 0) is 29.2 Å². The lowest BCUT2D eigenvalue weighted by atomic mass is 10.1. The summed E-state index contributed by atoms with van der Waals surface area (Å²) in [7, 11) is 0. The molecule has 0 atom stereocenters. The van der Waals surface area contributed by atoms with Crippen LogP contribution in [0, 0.1) is 0 Å². The zero-order valence-corrected chi connectivity index (χ0v) is 25.3. The average Bonchev–Trinajstić information content (AvgIpc) is 3.07. The Kier molecular flexibility index (Phi) is 13.3. The standard InChI is InChI=1S/C36H42N4O4/c1-30(39(26-31-14-6-2-7-15-31)24-22-37-35(41)43-28-33-18-10-4-11-19-33)40(27-32-16-8-3-9-17-32)25-23-38-36(42)44-29-34-20-12-5-13-21-34/h2-21,30H,22-29H2,1H3,(H,37,41)(H,38,42). The Labute approximate surface area is 260 Å². The molecule has 230 valence electrons. The van der Waals surface area contributed by atoms with Crippen molar-refractivity contribution in [2.75, 3.05) is 26.2 Å². The molecule has 0 fully saturated rings. The van der Waals surface area contributed by atoms with E-state index in [1.807, 2.05) is 97.1 Å². The van der Waals surface area contributed by atoms with Crippen LogP contribution in [0.3, 0.4) is 0 Å². The molecule has 8 nitrogen and oxygen atoms in total. The number of hydrogen-bond donors (Lipinski definition) is 2. The number of amides is 2. The third-order valence-electron chi connectivity index (χ3n) is 7.28. The lowest BCUT2D eigenvalue weighted by Crippen LogP contribution is -2.50. The number of carbonyl (C=O) groups excluding carboxylic acids is 2. The third kappa shape index (κ3) is 11.6. The SMILES string of the molecule is CC(N(CCNC(=O)OCc1ccccc1)Cc1ccccc1)N(CCNC(=O)OCc1ccccc1)Cc1ccccc1. The van der Waals surface area contributed by atoms with E-state index in [9.17, 15) is 9.59 Å². The van der Waals surface area contributed by atoms with Gasteiger partial charge in [-0.3, -0.25) is 9.80 Å². The third-order valence-corrected chi connectivity index (χ3v) is 7.28. The number of alkyl carbamates (subject to hydrolysis) is 2. The molecule has 0 aliphatic heterocycles. The van der Waals surface area contributed by atoms with Crippen molar-refractivity contribution < 1.29 is 19.1 Å².